The molecule has 0 bridgehead atoms. The first-order chi connectivity index (χ1) is 10.0. The summed E-state index contributed by atoms with van der Waals surface area (Å²) in [6.45, 7) is 6.15. The van der Waals surface area contributed by atoms with E-state index in [0.29, 0.717) is 0 Å². The Morgan fingerprint density at radius 2 is 1.38 bits per heavy atom. The van der Waals surface area contributed by atoms with Crippen molar-refractivity contribution in [3.8, 4) is 0 Å². The van der Waals surface area contributed by atoms with E-state index in [1.165, 1.54) is 16.7 Å². The van der Waals surface area contributed by atoms with Gasteiger partial charge in [0.15, 0.2) is 0 Å². The van der Waals surface area contributed by atoms with Gasteiger partial charge in [-0.25, -0.2) is 0 Å². The molecule has 0 radical (unpaired) electrons. The predicted molar refractivity (Wildman–Crippen MR) is 90.0 cm³/mol. The number of nitrogens with one attached hydrogen (secondary N) is 1. The van der Waals surface area contributed by atoms with Gasteiger partial charge in [0.05, 0.1) is 16.0 Å². The SMILES string of the molecule is CNC(c1ccc(C)cc1)C(C)S(=O)c1ccc(C)cc1. The minimum atomic E-state index is -1.03. The van der Waals surface area contributed by atoms with E-state index >= 15 is 0 Å². The molecule has 0 saturated heterocycles. The highest BCUT2D eigenvalue weighted by Gasteiger charge is 2.24. The summed E-state index contributed by atoms with van der Waals surface area (Å²) in [5.41, 5.74) is 3.60. The Morgan fingerprint density at radius 1 is 0.905 bits per heavy atom. The summed E-state index contributed by atoms with van der Waals surface area (Å²) in [7, 11) is 0.889. The molecule has 2 nitrogen and oxygen atoms in total. The topological polar surface area (TPSA) is 29.1 Å². The van der Waals surface area contributed by atoms with Crippen molar-refractivity contribution in [1.29, 1.82) is 0 Å². The standard InChI is InChI=1S/C18H23NOS/c1-13-5-9-16(10-6-13)18(19-4)15(3)21(20)17-11-7-14(2)8-12-17/h5-12,15,18-19H,1-4H3. The maximum Gasteiger partial charge on any atom is 0.0577 e. The Labute approximate surface area is 130 Å². The van der Waals surface area contributed by atoms with Gasteiger partial charge in [-0.2, -0.15) is 0 Å². The van der Waals surface area contributed by atoms with Crippen molar-refractivity contribution >= 4 is 10.8 Å². The van der Waals surface area contributed by atoms with Gasteiger partial charge in [0.1, 0.15) is 0 Å². The average Bonchev–Trinajstić information content (AvgIpc) is 2.50. The van der Waals surface area contributed by atoms with Crippen LogP contribution in [0.25, 0.3) is 0 Å². The van der Waals surface area contributed by atoms with Crippen molar-refractivity contribution in [2.75, 3.05) is 7.05 Å². The van der Waals surface area contributed by atoms with Gasteiger partial charge in [-0.15, -0.1) is 0 Å². The second-order valence-electron chi connectivity index (χ2n) is 5.49. The summed E-state index contributed by atoms with van der Waals surface area (Å²) < 4.78 is 12.8. The van der Waals surface area contributed by atoms with Crippen molar-refractivity contribution in [3.63, 3.8) is 0 Å². The van der Waals surface area contributed by atoms with Crippen LogP contribution >= 0.6 is 0 Å². The monoisotopic (exact) mass is 301 g/mol. The van der Waals surface area contributed by atoms with Crippen LogP contribution in [0, 0.1) is 13.8 Å². The van der Waals surface area contributed by atoms with E-state index in [-0.39, 0.29) is 11.3 Å². The van der Waals surface area contributed by atoms with Gasteiger partial charge < -0.3 is 5.32 Å². The highest BCUT2D eigenvalue weighted by atomic mass is 32.2. The zero-order valence-corrected chi connectivity index (χ0v) is 13.9. The molecule has 2 aromatic rings. The highest BCUT2D eigenvalue weighted by molar-refractivity contribution is 7.85. The molecule has 2 aromatic carbocycles. The molecule has 0 aliphatic heterocycles. The molecule has 112 valence electrons. The molecule has 0 aliphatic carbocycles. The van der Waals surface area contributed by atoms with Crippen LogP contribution in [0.4, 0.5) is 0 Å². The molecule has 0 aromatic heterocycles. The lowest BCUT2D eigenvalue weighted by molar-refractivity contribution is 0.570. The van der Waals surface area contributed by atoms with Crippen LogP contribution in [0.3, 0.4) is 0 Å². The first kappa shape index (κ1) is 15.9. The molecular formula is C18H23NOS. The number of benzene rings is 2. The summed E-state index contributed by atoms with van der Waals surface area (Å²) in [5.74, 6) is 0. The van der Waals surface area contributed by atoms with Gasteiger partial charge >= 0.3 is 0 Å². The molecule has 21 heavy (non-hydrogen) atoms. The van der Waals surface area contributed by atoms with Crippen LogP contribution in [0.5, 0.6) is 0 Å². The van der Waals surface area contributed by atoms with Crippen molar-refractivity contribution in [3.05, 3.63) is 65.2 Å². The van der Waals surface area contributed by atoms with E-state index in [9.17, 15) is 4.21 Å². The number of hydrogen-bond donors (Lipinski definition) is 1. The lowest BCUT2D eigenvalue weighted by Gasteiger charge is -2.24. The van der Waals surface area contributed by atoms with Gasteiger partial charge in [-0.3, -0.25) is 4.21 Å². The molecule has 0 amide bonds. The molecule has 3 atom stereocenters. The third-order valence-corrected chi connectivity index (χ3v) is 5.49. The Kier molecular flexibility index (Phi) is 5.32. The molecule has 3 unspecified atom stereocenters. The van der Waals surface area contributed by atoms with E-state index in [4.69, 9.17) is 0 Å². The third kappa shape index (κ3) is 3.80. The van der Waals surface area contributed by atoms with Gasteiger partial charge in [-0.05, 0) is 45.5 Å². The third-order valence-electron chi connectivity index (χ3n) is 3.81. The maximum atomic E-state index is 12.8. The van der Waals surface area contributed by atoms with Gasteiger partial charge in [-0.1, -0.05) is 47.5 Å². The van der Waals surface area contributed by atoms with Crippen LogP contribution in [-0.4, -0.2) is 16.5 Å². The van der Waals surface area contributed by atoms with Crippen molar-refractivity contribution < 1.29 is 4.21 Å². The zero-order valence-electron chi connectivity index (χ0n) is 13.1. The fraction of sp³-hybridized carbons (Fsp3) is 0.333. The predicted octanol–water partition coefficient (Wildman–Crippen LogP) is 3.76. The van der Waals surface area contributed by atoms with E-state index in [0.717, 1.165) is 4.90 Å². The second kappa shape index (κ2) is 7.01. The lowest BCUT2D eigenvalue weighted by Crippen LogP contribution is -2.30. The first-order valence-corrected chi connectivity index (χ1v) is 8.45. The largest absolute Gasteiger partial charge is 0.312 e. The van der Waals surface area contributed by atoms with Crippen molar-refractivity contribution in [1.82, 2.24) is 5.32 Å². The Hall–Kier alpha value is -1.45. The molecule has 0 heterocycles. The van der Waals surface area contributed by atoms with Crippen LogP contribution in [-0.2, 0) is 10.8 Å². The van der Waals surface area contributed by atoms with Gasteiger partial charge in [0.25, 0.3) is 0 Å². The molecule has 0 fully saturated rings. The molecule has 0 aliphatic rings. The first-order valence-electron chi connectivity index (χ1n) is 7.24. The highest BCUT2D eigenvalue weighted by Crippen LogP contribution is 2.24. The zero-order chi connectivity index (χ0) is 15.4. The quantitative estimate of drug-likeness (QED) is 0.911. The van der Waals surface area contributed by atoms with Crippen LogP contribution in [0.15, 0.2) is 53.4 Å². The van der Waals surface area contributed by atoms with Gasteiger partial charge in [0.2, 0.25) is 0 Å². The minimum absolute atomic E-state index is 0.000382. The lowest BCUT2D eigenvalue weighted by atomic mass is 10.0. The van der Waals surface area contributed by atoms with Crippen LogP contribution in [0.1, 0.15) is 29.7 Å². The normalized spacial score (nSPS) is 15.4. The molecule has 0 spiro atoms. The fourth-order valence-corrected chi connectivity index (χ4v) is 3.83. The summed E-state index contributed by atoms with van der Waals surface area (Å²) in [4.78, 5) is 0.889. The maximum absolute atomic E-state index is 12.8. The summed E-state index contributed by atoms with van der Waals surface area (Å²) in [6, 6.07) is 16.4. The summed E-state index contributed by atoms with van der Waals surface area (Å²) in [5, 5.41) is 3.31. The van der Waals surface area contributed by atoms with Crippen molar-refractivity contribution in [2.45, 2.75) is 37.0 Å². The van der Waals surface area contributed by atoms with E-state index < -0.39 is 10.8 Å². The number of rotatable bonds is 5. The van der Waals surface area contributed by atoms with Gasteiger partial charge in [0, 0.05) is 10.9 Å². The minimum Gasteiger partial charge on any atom is -0.312 e. The Morgan fingerprint density at radius 3 is 1.86 bits per heavy atom. The van der Waals surface area contributed by atoms with E-state index in [2.05, 4.69) is 36.5 Å². The van der Waals surface area contributed by atoms with Crippen molar-refractivity contribution in [2.24, 2.45) is 0 Å². The Bertz CT molecular complexity index is 604. The Balaban J connectivity index is 2.23. The summed E-state index contributed by atoms with van der Waals surface area (Å²) >= 11 is 0. The van der Waals surface area contributed by atoms with Crippen LogP contribution in [0.2, 0.25) is 0 Å². The molecule has 1 N–H and O–H groups in total. The molecule has 2 rings (SSSR count). The summed E-state index contributed by atoms with van der Waals surface area (Å²) in [6.07, 6.45) is 0. The second-order valence-corrected chi connectivity index (χ2v) is 7.30. The smallest absolute Gasteiger partial charge is 0.0577 e. The molecule has 3 heteroatoms. The average molecular weight is 301 g/mol. The number of hydrogen-bond acceptors (Lipinski definition) is 2. The number of aryl methyl sites for hydroxylation is 2. The fourth-order valence-electron chi connectivity index (χ4n) is 2.46. The van der Waals surface area contributed by atoms with E-state index in [1.807, 2.05) is 45.2 Å². The van der Waals surface area contributed by atoms with Crippen LogP contribution < -0.4 is 5.32 Å². The van der Waals surface area contributed by atoms with E-state index in [1.54, 1.807) is 0 Å². The molecule has 0 saturated carbocycles. The molecular weight excluding hydrogens is 278 g/mol.